The minimum Gasteiger partial charge on any atom is -0.448 e. The number of ether oxygens (including phenoxy) is 1. The Morgan fingerprint density at radius 2 is 1.48 bits per heavy atom. The van der Waals surface area contributed by atoms with E-state index in [1.165, 1.54) is 6.92 Å². The molecule has 1 amide bonds. The van der Waals surface area contributed by atoms with E-state index < -0.39 is 37.5 Å². The highest BCUT2D eigenvalue weighted by molar-refractivity contribution is 7.86. The van der Waals surface area contributed by atoms with Crippen LogP contribution in [0.25, 0.3) is 11.1 Å². The van der Waals surface area contributed by atoms with E-state index in [4.69, 9.17) is 4.74 Å². The summed E-state index contributed by atoms with van der Waals surface area (Å²) in [6.45, 7) is 3.05. The molecule has 212 valence electrons. The van der Waals surface area contributed by atoms with Crippen LogP contribution in [0, 0.1) is 6.92 Å². The minimum absolute atomic E-state index is 0.0464. The first-order valence-corrected chi connectivity index (χ1v) is 15.1. The molecule has 40 heavy (non-hydrogen) atoms. The van der Waals surface area contributed by atoms with Gasteiger partial charge in [-0.1, -0.05) is 52.4 Å². The topological polar surface area (TPSA) is 110 Å². The number of rotatable bonds is 7. The number of halogens is 2. The van der Waals surface area contributed by atoms with Crippen molar-refractivity contribution in [2.24, 2.45) is 0 Å². The lowest BCUT2D eigenvalue weighted by Crippen LogP contribution is -2.48. The third-order valence-electron chi connectivity index (χ3n) is 7.26. The highest BCUT2D eigenvalue weighted by atomic mass is 32.3. The van der Waals surface area contributed by atoms with E-state index in [0.29, 0.717) is 32.2 Å². The van der Waals surface area contributed by atoms with Gasteiger partial charge in [0.05, 0.1) is 0 Å². The van der Waals surface area contributed by atoms with Gasteiger partial charge in [0.25, 0.3) is 0 Å². The molecule has 0 bridgehead atoms. The summed E-state index contributed by atoms with van der Waals surface area (Å²) < 4.78 is 81.8. The number of hydrogen-bond donors (Lipinski definition) is 0. The summed E-state index contributed by atoms with van der Waals surface area (Å²) in [7, 11) is -10.7. The van der Waals surface area contributed by atoms with Crippen LogP contribution in [0.15, 0.2) is 65.6 Å². The molecule has 1 aliphatic heterocycles. The monoisotopic (exact) mass is 592 g/mol. The first kappa shape index (κ1) is 28.0. The van der Waals surface area contributed by atoms with Crippen LogP contribution in [0.4, 0.5) is 12.6 Å². The summed E-state index contributed by atoms with van der Waals surface area (Å²) >= 11 is 0. The summed E-state index contributed by atoms with van der Waals surface area (Å²) in [5.74, 6) is -0.721. The fraction of sp³-hybridized carbons (Fsp3) is 0.296. The van der Waals surface area contributed by atoms with Gasteiger partial charge in [-0.2, -0.15) is 16.8 Å². The maximum atomic E-state index is 13.8. The van der Waals surface area contributed by atoms with Gasteiger partial charge < -0.3 is 13.8 Å². The number of fused-ring (bicyclic) bond motifs is 3. The van der Waals surface area contributed by atoms with E-state index in [0.717, 1.165) is 28.3 Å². The van der Waals surface area contributed by atoms with Crippen LogP contribution in [-0.2, 0) is 32.0 Å². The van der Waals surface area contributed by atoms with Gasteiger partial charge in [0, 0.05) is 44.7 Å². The smallest absolute Gasteiger partial charge is 0.448 e. The second kappa shape index (κ2) is 10.8. The predicted octanol–water partition coefficient (Wildman–Crippen LogP) is 4.31. The molecule has 0 atom stereocenters. The van der Waals surface area contributed by atoms with Crippen molar-refractivity contribution in [3.63, 3.8) is 0 Å². The molecule has 9 nitrogen and oxygen atoms in total. The van der Waals surface area contributed by atoms with E-state index in [1.807, 2.05) is 41.3 Å². The Kier molecular flexibility index (Phi) is 7.55. The zero-order valence-corrected chi connectivity index (χ0v) is 23.1. The maximum absolute atomic E-state index is 13.8. The van der Waals surface area contributed by atoms with Crippen molar-refractivity contribution in [3.05, 3.63) is 82.9 Å². The Morgan fingerprint density at radius 1 is 0.900 bits per heavy atom. The van der Waals surface area contributed by atoms with Gasteiger partial charge in [-0.3, -0.25) is 4.90 Å². The Hall–Kier alpha value is -3.55. The van der Waals surface area contributed by atoms with E-state index in [1.54, 1.807) is 4.90 Å². The molecule has 5 rings (SSSR count). The van der Waals surface area contributed by atoms with Crippen molar-refractivity contribution >= 4 is 26.8 Å². The minimum atomic E-state index is -5.45. The molecule has 0 N–H and O–H groups in total. The Balaban J connectivity index is 1.22. The molecular formula is C27H26F2N2O7S2. The standard InChI is InChI=1S/C27H26F2N2O7S2/c1-18-19(14-20(38-40(29,35)36)15-26(18)39(28,33)34)16-30-10-12-31(13-11-30)27(32)37-17-25-23-8-4-2-6-21(23)22-7-3-5-9-24(22)25/h2-9,14-15,25H,10-13,16-17H2,1H3. The number of benzene rings is 3. The van der Waals surface area contributed by atoms with Crippen LogP contribution in [0.2, 0.25) is 0 Å². The lowest BCUT2D eigenvalue weighted by atomic mass is 9.98. The van der Waals surface area contributed by atoms with E-state index >= 15 is 0 Å². The zero-order chi connectivity index (χ0) is 28.7. The lowest BCUT2D eigenvalue weighted by molar-refractivity contribution is 0.0728. The van der Waals surface area contributed by atoms with Crippen molar-refractivity contribution in [3.8, 4) is 16.9 Å². The molecule has 0 spiro atoms. The normalized spacial score (nSPS) is 15.9. The first-order chi connectivity index (χ1) is 18.9. The fourth-order valence-electron chi connectivity index (χ4n) is 5.31. The molecule has 1 saturated heterocycles. The summed E-state index contributed by atoms with van der Waals surface area (Å²) in [6, 6.07) is 17.9. The summed E-state index contributed by atoms with van der Waals surface area (Å²) in [5, 5.41) is 0. The van der Waals surface area contributed by atoms with Crippen LogP contribution < -0.4 is 4.18 Å². The second-order valence-corrected chi connectivity index (χ2v) is 12.0. The number of nitrogens with zero attached hydrogens (tertiary/aromatic N) is 2. The van der Waals surface area contributed by atoms with Gasteiger partial charge in [0.2, 0.25) is 0 Å². The molecule has 3 aromatic rings. The summed E-state index contributed by atoms with van der Waals surface area (Å²) in [5.41, 5.74) is 4.77. The van der Waals surface area contributed by atoms with Crippen molar-refractivity contribution < 1.29 is 38.3 Å². The molecule has 0 unspecified atom stereocenters. The summed E-state index contributed by atoms with van der Waals surface area (Å²) in [6.07, 6.45) is -0.452. The average molecular weight is 593 g/mol. The molecule has 1 aliphatic carbocycles. The number of amides is 1. The predicted molar refractivity (Wildman–Crippen MR) is 142 cm³/mol. The molecule has 0 aromatic heterocycles. The second-order valence-electron chi connectivity index (χ2n) is 9.69. The SMILES string of the molecule is Cc1c(CN2CCN(C(=O)OCC3c4ccccc4-c4ccccc43)CC2)cc(OS(=O)(=O)F)cc1S(=O)(=O)F. The molecular weight excluding hydrogens is 566 g/mol. The van der Waals surface area contributed by atoms with Crippen LogP contribution in [-0.4, -0.2) is 65.5 Å². The van der Waals surface area contributed by atoms with E-state index in [2.05, 4.69) is 16.3 Å². The molecule has 13 heteroatoms. The third kappa shape index (κ3) is 5.96. The molecule has 3 aromatic carbocycles. The summed E-state index contributed by atoms with van der Waals surface area (Å²) in [4.78, 5) is 15.5. The molecule has 1 heterocycles. The van der Waals surface area contributed by atoms with E-state index in [9.17, 15) is 29.4 Å². The first-order valence-electron chi connectivity index (χ1n) is 12.5. The highest BCUT2D eigenvalue weighted by Gasteiger charge is 2.31. The van der Waals surface area contributed by atoms with Crippen molar-refractivity contribution in [2.45, 2.75) is 24.3 Å². The van der Waals surface area contributed by atoms with Crippen molar-refractivity contribution in [1.29, 1.82) is 0 Å². The van der Waals surface area contributed by atoms with Crippen molar-refractivity contribution in [1.82, 2.24) is 9.80 Å². The van der Waals surface area contributed by atoms with Gasteiger partial charge in [-0.25, -0.2) is 4.79 Å². The number of carbonyl (C=O) groups excluding carboxylic acids is 1. The van der Waals surface area contributed by atoms with Gasteiger partial charge in [-0.05, 0) is 46.4 Å². The Bertz CT molecular complexity index is 1630. The van der Waals surface area contributed by atoms with Gasteiger partial charge in [0.15, 0.2) is 0 Å². The lowest BCUT2D eigenvalue weighted by Gasteiger charge is -2.34. The van der Waals surface area contributed by atoms with Gasteiger partial charge in [-0.15, -0.1) is 3.89 Å². The quantitative estimate of drug-likeness (QED) is 0.374. The fourth-order valence-corrected chi connectivity index (χ4v) is 6.39. The third-order valence-corrected chi connectivity index (χ3v) is 8.60. The molecule has 0 radical (unpaired) electrons. The average Bonchev–Trinajstić information content (AvgIpc) is 3.21. The van der Waals surface area contributed by atoms with Gasteiger partial charge in [0.1, 0.15) is 17.3 Å². The van der Waals surface area contributed by atoms with Crippen LogP contribution >= 0.6 is 0 Å². The number of carbonyl (C=O) groups is 1. The highest BCUT2D eigenvalue weighted by Crippen LogP contribution is 2.44. The maximum Gasteiger partial charge on any atom is 0.488 e. The van der Waals surface area contributed by atoms with E-state index in [-0.39, 0.29) is 30.2 Å². The number of piperazine rings is 1. The van der Waals surface area contributed by atoms with Crippen LogP contribution in [0.1, 0.15) is 28.2 Å². The largest absolute Gasteiger partial charge is 0.488 e. The molecule has 0 saturated carbocycles. The van der Waals surface area contributed by atoms with Crippen LogP contribution in [0.5, 0.6) is 5.75 Å². The van der Waals surface area contributed by atoms with Crippen molar-refractivity contribution in [2.75, 3.05) is 32.8 Å². The Morgan fingerprint density at radius 3 is 2.02 bits per heavy atom. The molecule has 1 fully saturated rings. The molecule has 2 aliphatic rings. The number of hydrogen-bond acceptors (Lipinski definition) is 8. The van der Waals surface area contributed by atoms with Gasteiger partial charge >= 0.3 is 26.8 Å². The Labute approximate surface area is 231 Å². The van der Waals surface area contributed by atoms with Crippen LogP contribution in [0.3, 0.4) is 0 Å². The zero-order valence-electron chi connectivity index (χ0n) is 21.4.